The van der Waals surface area contributed by atoms with Crippen molar-refractivity contribution in [1.82, 2.24) is 4.90 Å². The molecular weight excluding hydrogens is 394 g/mol. The maximum absolute atomic E-state index is 12.4. The number of fused-ring (bicyclic) bond motifs is 1. The first kappa shape index (κ1) is 21.2. The van der Waals surface area contributed by atoms with Gasteiger partial charge in [-0.15, -0.1) is 0 Å². The van der Waals surface area contributed by atoms with Crippen molar-refractivity contribution in [2.45, 2.75) is 45.6 Å². The first-order valence-electron chi connectivity index (χ1n) is 10.7. The van der Waals surface area contributed by atoms with Crippen LogP contribution in [0, 0.1) is 5.41 Å². The molecule has 2 aliphatic heterocycles. The zero-order valence-electron chi connectivity index (χ0n) is 18.3. The minimum Gasteiger partial charge on any atom is -0.487 e. The number of carbonyl (C=O) groups is 2. The molecule has 1 saturated heterocycles. The van der Waals surface area contributed by atoms with Crippen LogP contribution in [0.2, 0.25) is 0 Å². The fraction of sp³-hybridized carbons (Fsp3) is 0.440. The summed E-state index contributed by atoms with van der Waals surface area (Å²) < 4.78 is 11.8. The van der Waals surface area contributed by atoms with Crippen molar-refractivity contribution >= 4 is 12.1 Å². The van der Waals surface area contributed by atoms with E-state index < -0.39 is 5.97 Å². The Balaban J connectivity index is 1.40. The molecule has 2 heterocycles. The number of likely N-dealkylation sites (tertiary alicyclic amines) is 1. The van der Waals surface area contributed by atoms with Gasteiger partial charge in [-0.1, -0.05) is 39.0 Å². The lowest BCUT2D eigenvalue weighted by Crippen LogP contribution is -2.49. The van der Waals surface area contributed by atoms with Crippen LogP contribution in [-0.2, 0) is 11.2 Å². The molecule has 31 heavy (non-hydrogen) atoms. The summed E-state index contributed by atoms with van der Waals surface area (Å²) in [6.45, 7) is 7.80. The second kappa shape index (κ2) is 7.91. The normalized spacial score (nSPS) is 17.2. The van der Waals surface area contributed by atoms with Crippen LogP contribution in [0.5, 0.6) is 5.75 Å². The molecule has 0 atom stereocenters. The number of carboxylic acids is 1. The summed E-state index contributed by atoms with van der Waals surface area (Å²) in [7, 11) is 0. The second-order valence-electron chi connectivity index (χ2n) is 9.77. The van der Waals surface area contributed by atoms with Crippen LogP contribution in [0.15, 0.2) is 42.5 Å². The SMILES string of the molecule is CC(C)(C)COC(=O)N1CCC2(CC1)Cc1cc(-c3ccc(C(=O)O)cc3)ccc1O2. The smallest absolute Gasteiger partial charge is 0.409 e. The van der Waals surface area contributed by atoms with Gasteiger partial charge in [0.15, 0.2) is 0 Å². The van der Waals surface area contributed by atoms with Gasteiger partial charge in [-0.05, 0) is 46.4 Å². The molecule has 0 bridgehead atoms. The average molecular weight is 424 g/mol. The van der Waals surface area contributed by atoms with Crippen molar-refractivity contribution in [1.29, 1.82) is 0 Å². The van der Waals surface area contributed by atoms with Gasteiger partial charge in [-0.3, -0.25) is 0 Å². The highest BCUT2D eigenvalue weighted by atomic mass is 16.6. The number of piperidine rings is 1. The standard InChI is InChI=1S/C25H29NO5/c1-24(2,3)16-30-23(29)26-12-10-25(11-13-26)15-20-14-19(8-9-21(20)31-25)17-4-6-18(7-5-17)22(27)28/h4-9,14H,10-13,15-16H2,1-3H3,(H,27,28). The third kappa shape index (κ3) is 4.68. The van der Waals surface area contributed by atoms with Crippen molar-refractivity contribution in [2.24, 2.45) is 5.41 Å². The van der Waals surface area contributed by atoms with Gasteiger partial charge in [0.1, 0.15) is 11.4 Å². The van der Waals surface area contributed by atoms with Gasteiger partial charge in [0.25, 0.3) is 0 Å². The summed E-state index contributed by atoms with van der Waals surface area (Å²) in [5.74, 6) is -0.0286. The molecule has 1 amide bonds. The molecule has 164 valence electrons. The Labute approximate surface area is 182 Å². The Morgan fingerprint density at radius 1 is 1.06 bits per heavy atom. The molecule has 0 aromatic heterocycles. The number of nitrogens with zero attached hydrogens (tertiary/aromatic N) is 1. The molecule has 6 nitrogen and oxygen atoms in total. The molecule has 0 radical (unpaired) electrons. The van der Waals surface area contributed by atoms with E-state index in [1.165, 1.54) is 0 Å². The summed E-state index contributed by atoms with van der Waals surface area (Å²) in [5, 5.41) is 9.08. The third-order valence-electron chi connectivity index (χ3n) is 5.93. The number of carboxylic acid groups (broad SMARTS) is 1. The lowest BCUT2D eigenvalue weighted by Gasteiger charge is -2.38. The molecule has 2 aromatic carbocycles. The van der Waals surface area contributed by atoms with Crippen LogP contribution in [0.25, 0.3) is 11.1 Å². The Morgan fingerprint density at radius 2 is 1.71 bits per heavy atom. The number of rotatable bonds is 3. The van der Waals surface area contributed by atoms with E-state index in [4.69, 9.17) is 14.6 Å². The van der Waals surface area contributed by atoms with Crippen molar-refractivity contribution in [3.05, 3.63) is 53.6 Å². The van der Waals surface area contributed by atoms with E-state index in [-0.39, 0.29) is 22.7 Å². The van der Waals surface area contributed by atoms with Crippen molar-refractivity contribution in [3.8, 4) is 16.9 Å². The molecule has 0 aliphatic carbocycles. The minimum absolute atomic E-state index is 0.0471. The van der Waals surface area contributed by atoms with Crippen LogP contribution in [0.3, 0.4) is 0 Å². The maximum Gasteiger partial charge on any atom is 0.409 e. The third-order valence-corrected chi connectivity index (χ3v) is 5.93. The van der Waals surface area contributed by atoms with Crippen molar-refractivity contribution < 1.29 is 24.2 Å². The first-order valence-corrected chi connectivity index (χ1v) is 10.7. The fourth-order valence-corrected chi connectivity index (χ4v) is 4.16. The fourth-order valence-electron chi connectivity index (χ4n) is 4.16. The van der Waals surface area contributed by atoms with Gasteiger partial charge in [-0.2, -0.15) is 0 Å². The number of hydrogen-bond donors (Lipinski definition) is 1. The topological polar surface area (TPSA) is 76.1 Å². The number of benzene rings is 2. The molecule has 2 aromatic rings. The van der Waals surface area contributed by atoms with Crippen LogP contribution < -0.4 is 4.74 Å². The molecule has 2 aliphatic rings. The Hall–Kier alpha value is -3.02. The lowest BCUT2D eigenvalue weighted by atomic mass is 9.86. The highest BCUT2D eigenvalue weighted by Crippen LogP contribution is 2.42. The zero-order chi connectivity index (χ0) is 22.2. The summed E-state index contributed by atoms with van der Waals surface area (Å²) in [4.78, 5) is 25.2. The van der Waals surface area contributed by atoms with E-state index in [2.05, 4.69) is 6.07 Å². The van der Waals surface area contributed by atoms with E-state index in [1.807, 2.05) is 45.0 Å². The predicted molar refractivity (Wildman–Crippen MR) is 118 cm³/mol. The Kier molecular flexibility index (Phi) is 5.42. The van der Waals surface area contributed by atoms with Crippen LogP contribution >= 0.6 is 0 Å². The zero-order valence-corrected chi connectivity index (χ0v) is 18.3. The number of hydrogen-bond acceptors (Lipinski definition) is 4. The molecule has 1 fully saturated rings. The second-order valence-corrected chi connectivity index (χ2v) is 9.77. The predicted octanol–water partition coefficient (Wildman–Crippen LogP) is 5.00. The molecule has 4 rings (SSSR count). The van der Waals surface area contributed by atoms with Crippen LogP contribution in [0.1, 0.15) is 49.5 Å². The average Bonchev–Trinajstić information content (AvgIpc) is 3.08. The van der Waals surface area contributed by atoms with Gasteiger partial charge in [-0.25, -0.2) is 9.59 Å². The van der Waals surface area contributed by atoms with E-state index in [1.54, 1.807) is 17.0 Å². The van der Waals surface area contributed by atoms with Crippen LogP contribution in [0.4, 0.5) is 4.79 Å². The molecule has 1 N–H and O–H groups in total. The van der Waals surface area contributed by atoms with Crippen LogP contribution in [-0.4, -0.2) is 47.4 Å². The summed E-state index contributed by atoms with van der Waals surface area (Å²) in [6.07, 6.45) is 2.12. The van der Waals surface area contributed by atoms with E-state index in [9.17, 15) is 9.59 Å². The first-order chi connectivity index (χ1) is 14.6. The number of ether oxygens (including phenoxy) is 2. The van der Waals surface area contributed by atoms with Gasteiger partial charge >= 0.3 is 12.1 Å². The molecule has 0 unspecified atom stereocenters. The molecule has 6 heteroatoms. The largest absolute Gasteiger partial charge is 0.487 e. The molecule has 1 spiro atoms. The van der Waals surface area contributed by atoms with E-state index in [0.29, 0.717) is 19.7 Å². The summed E-state index contributed by atoms with van der Waals surface area (Å²) in [5.41, 5.74) is 3.14. The highest BCUT2D eigenvalue weighted by molar-refractivity contribution is 5.88. The maximum atomic E-state index is 12.4. The van der Waals surface area contributed by atoms with Crippen molar-refractivity contribution in [3.63, 3.8) is 0 Å². The quantitative estimate of drug-likeness (QED) is 0.751. The van der Waals surface area contributed by atoms with E-state index >= 15 is 0 Å². The Morgan fingerprint density at radius 3 is 2.32 bits per heavy atom. The van der Waals surface area contributed by atoms with E-state index in [0.717, 1.165) is 41.7 Å². The number of amides is 1. The highest BCUT2D eigenvalue weighted by Gasteiger charge is 2.43. The molecular formula is C25H29NO5. The van der Waals surface area contributed by atoms with Gasteiger partial charge in [0.05, 0.1) is 12.2 Å². The van der Waals surface area contributed by atoms with Gasteiger partial charge < -0.3 is 19.5 Å². The van der Waals surface area contributed by atoms with Gasteiger partial charge in [0, 0.05) is 32.4 Å². The monoisotopic (exact) mass is 423 g/mol. The number of aromatic carboxylic acids is 1. The van der Waals surface area contributed by atoms with Crippen molar-refractivity contribution in [2.75, 3.05) is 19.7 Å². The molecule has 0 saturated carbocycles. The van der Waals surface area contributed by atoms with Gasteiger partial charge in [0.2, 0.25) is 0 Å². The summed E-state index contributed by atoms with van der Waals surface area (Å²) >= 11 is 0. The Bertz CT molecular complexity index is 982. The summed E-state index contributed by atoms with van der Waals surface area (Å²) in [6, 6.07) is 13.0. The number of carbonyl (C=O) groups excluding carboxylic acids is 1. The minimum atomic E-state index is -0.926. The lowest BCUT2D eigenvalue weighted by molar-refractivity contribution is 0.00955.